The number of urea groups is 1. The largest absolute Gasteiger partial charge is 0.337 e. The summed E-state index contributed by atoms with van der Waals surface area (Å²) in [5.74, 6) is 1.18. The van der Waals surface area contributed by atoms with E-state index in [1.165, 1.54) is 0 Å². The molecule has 0 aromatic heterocycles. The van der Waals surface area contributed by atoms with Crippen molar-refractivity contribution >= 4 is 16.8 Å². The van der Waals surface area contributed by atoms with Gasteiger partial charge in [-0.15, -0.1) is 0 Å². The number of carbonyl (C=O) groups excluding carboxylic acids is 1. The third-order valence-corrected chi connectivity index (χ3v) is 2.66. The molecule has 0 aliphatic carbocycles. The lowest BCUT2D eigenvalue weighted by Gasteiger charge is -2.09. The van der Waals surface area contributed by atoms with Gasteiger partial charge in [0.1, 0.15) is 0 Å². The smallest absolute Gasteiger partial charge is 0.315 e. The first-order valence-electron chi connectivity index (χ1n) is 4.45. The van der Waals surface area contributed by atoms with Gasteiger partial charge in [0.05, 0.1) is 0 Å². The molecule has 1 unspecified atom stereocenters. The van der Waals surface area contributed by atoms with Gasteiger partial charge in [-0.2, -0.15) is 0 Å². The van der Waals surface area contributed by atoms with Crippen molar-refractivity contribution in [3.05, 3.63) is 0 Å². The van der Waals surface area contributed by atoms with Gasteiger partial charge in [-0.05, 0) is 13.8 Å². The zero-order valence-corrected chi connectivity index (χ0v) is 9.24. The van der Waals surface area contributed by atoms with E-state index in [9.17, 15) is 9.00 Å². The van der Waals surface area contributed by atoms with Gasteiger partial charge < -0.3 is 10.6 Å². The van der Waals surface area contributed by atoms with Crippen molar-refractivity contribution in [3.8, 4) is 0 Å². The lowest BCUT2D eigenvalue weighted by atomic mass is 10.4. The van der Waals surface area contributed by atoms with Crippen molar-refractivity contribution in [2.24, 2.45) is 0 Å². The Labute approximate surface area is 81.9 Å². The highest BCUT2D eigenvalue weighted by Crippen LogP contribution is 1.80. The summed E-state index contributed by atoms with van der Waals surface area (Å²) < 4.78 is 11.0. The molecule has 0 spiro atoms. The van der Waals surface area contributed by atoms with E-state index in [-0.39, 0.29) is 12.1 Å². The molecule has 1 atom stereocenters. The average Bonchev–Trinajstić information content (AvgIpc) is 2.02. The Hall–Kier alpha value is -0.580. The monoisotopic (exact) mass is 206 g/mol. The van der Waals surface area contributed by atoms with Gasteiger partial charge in [0, 0.05) is 34.9 Å². The molecule has 0 bridgehead atoms. The fourth-order valence-electron chi connectivity index (χ4n) is 0.736. The van der Waals surface area contributed by atoms with E-state index < -0.39 is 10.8 Å². The summed E-state index contributed by atoms with van der Waals surface area (Å²) in [6.45, 7) is 6.12. The first-order chi connectivity index (χ1) is 6.06. The Kier molecular flexibility index (Phi) is 6.58. The molecule has 13 heavy (non-hydrogen) atoms. The number of hydrogen-bond donors (Lipinski definition) is 2. The van der Waals surface area contributed by atoms with E-state index in [1.54, 1.807) is 0 Å². The van der Waals surface area contributed by atoms with E-state index in [1.807, 2.05) is 20.8 Å². The van der Waals surface area contributed by atoms with Crippen LogP contribution >= 0.6 is 0 Å². The molecule has 0 fully saturated rings. The van der Waals surface area contributed by atoms with E-state index in [2.05, 4.69) is 10.6 Å². The van der Waals surface area contributed by atoms with Crippen molar-refractivity contribution < 1.29 is 9.00 Å². The molecule has 0 aromatic rings. The molecular formula is C8H18N2O2S. The fraction of sp³-hybridized carbons (Fsp3) is 0.875. The predicted octanol–water partition coefficient (Wildman–Crippen LogP) is 0.463. The summed E-state index contributed by atoms with van der Waals surface area (Å²) in [4.78, 5) is 11.0. The molecule has 0 heterocycles. The van der Waals surface area contributed by atoms with Crippen LogP contribution in [0.2, 0.25) is 0 Å². The van der Waals surface area contributed by atoms with Crippen LogP contribution < -0.4 is 10.6 Å². The number of carbonyl (C=O) groups is 1. The molecule has 0 aliphatic rings. The summed E-state index contributed by atoms with van der Waals surface area (Å²) in [6.07, 6.45) is 0. The Morgan fingerprint density at radius 2 is 2.08 bits per heavy atom. The van der Waals surface area contributed by atoms with Crippen LogP contribution in [-0.2, 0) is 10.8 Å². The van der Waals surface area contributed by atoms with Gasteiger partial charge in [0.15, 0.2) is 0 Å². The van der Waals surface area contributed by atoms with Crippen molar-refractivity contribution in [2.75, 3.05) is 18.1 Å². The SMILES string of the molecule is CCS(=O)CCNC(=O)NC(C)C. The van der Waals surface area contributed by atoms with E-state index in [4.69, 9.17) is 0 Å². The maximum atomic E-state index is 11.0. The van der Waals surface area contributed by atoms with Gasteiger partial charge in [0.2, 0.25) is 0 Å². The van der Waals surface area contributed by atoms with Crippen LogP contribution in [0.3, 0.4) is 0 Å². The second-order valence-electron chi connectivity index (χ2n) is 2.99. The Balaban J connectivity index is 3.42. The molecule has 0 aromatic carbocycles. The van der Waals surface area contributed by atoms with Crippen molar-refractivity contribution in [3.63, 3.8) is 0 Å². The van der Waals surface area contributed by atoms with E-state index in [0.29, 0.717) is 18.1 Å². The quantitative estimate of drug-likeness (QED) is 0.686. The van der Waals surface area contributed by atoms with Gasteiger partial charge in [0.25, 0.3) is 0 Å². The summed E-state index contributed by atoms with van der Waals surface area (Å²) >= 11 is 0. The molecule has 0 saturated carbocycles. The highest BCUT2D eigenvalue weighted by Gasteiger charge is 2.01. The summed E-state index contributed by atoms with van der Waals surface area (Å²) in [5, 5.41) is 5.32. The Morgan fingerprint density at radius 1 is 1.46 bits per heavy atom. The standard InChI is InChI=1S/C8H18N2O2S/c1-4-13(12)6-5-9-8(11)10-7(2)3/h7H,4-6H2,1-3H3,(H2,9,10,11). The van der Waals surface area contributed by atoms with Crippen LogP contribution in [0.25, 0.3) is 0 Å². The molecular weight excluding hydrogens is 188 g/mol. The van der Waals surface area contributed by atoms with E-state index >= 15 is 0 Å². The minimum atomic E-state index is -0.799. The topological polar surface area (TPSA) is 58.2 Å². The van der Waals surface area contributed by atoms with Gasteiger partial charge >= 0.3 is 6.03 Å². The maximum Gasteiger partial charge on any atom is 0.315 e. The summed E-state index contributed by atoms with van der Waals surface area (Å²) in [7, 11) is -0.799. The van der Waals surface area contributed by atoms with Crippen molar-refractivity contribution in [2.45, 2.75) is 26.8 Å². The molecule has 4 nitrogen and oxygen atoms in total. The first kappa shape index (κ1) is 12.4. The van der Waals surface area contributed by atoms with Crippen LogP contribution in [0.1, 0.15) is 20.8 Å². The maximum absolute atomic E-state index is 11.0. The number of amides is 2. The van der Waals surface area contributed by atoms with Crippen LogP contribution in [0.5, 0.6) is 0 Å². The van der Waals surface area contributed by atoms with Crippen LogP contribution in [0, 0.1) is 0 Å². The van der Waals surface area contributed by atoms with Gasteiger partial charge in [-0.3, -0.25) is 4.21 Å². The number of nitrogens with one attached hydrogen (secondary N) is 2. The fourth-order valence-corrected chi connectivity index (χ4v) is 1.35. The minimum absolute atomic E-state index is 0.136. The molecule has 0 rings (SSSR count). The van der Waals surface area contributed by atoms with Gasteiger partial charge in [-0.25, -0.2) is 4.79 Å². The number of rotatable bonds is 5. The van der Waals surface area contributed by atoms with Crippen LogP contribution in [0.4, 0.5) is 4.79 Å². The second kappa shape index (κ2) is 6.88. The first-order valence-corrected chi connectivity index (χ1v) is 5.94. The predicted molar refractivity (Wildman–Crippen MR) is 55.2 cm³/mol. The molecule has 0 saturated heterocycles. The van der Waals surface area contributed by atoms with Crippen molar-refractivity contribution in [1.29, 1.82) is 0 Å². The lowest BCUT2D eigenvalue weighted by molar-refractivity contribution is 0.239. The Bertz CT molecular complexity index is 183. The average molecular weight is 206 g/mol. The highest BCUT2D eigenvalue weighted by molar-refractivity contribution is 7.84. The highest BCUT2D eigenvalue weighted by atomic mass is 32.2. The molecule has 2 N–H and O–H groups in total. The van der Waals surface area contributed by atoms with Crippen molar-refractivity contribution in [1.82, 2.24) is 10.6 Å². The third kappa shape index (κ3) is 7.77. The lowest BCUT2D eigenvalue weighted by Crippen LogP contribution is -2.40. The normalized spacial score (nSPS) is 12.6. The molecule has 5 heteroatoms. The number of hydrogen-bond acceptors (Lipinski definition) is 2. The molecule has 0 radical (unpaired) electrons. The molecule has 0 aliphatic heterocycles. The summed E-state index contributed by atoms with van der Waals surface area (Å²) in [5.41, 5.74) is 0. The Morgan fingerprint density at radius 3 is 2.54 bits per heavy atom. The van der Waals surface area contributed by atoms with Crippen LogP contribution in [-0.4, -0.2) is 34.3 Å². The second-order valence-corrected chi connectivity index (χ2v) is 4.85. The summed E-state index contributed by atoms with van der Waals surface area (Å²) in [6, 6.07) is -0.0558. The zero-order valence-electron chi connectivity index (χ0n) is 8.42. The minimum Gasteiger partial charge on any atom is -0.337 e. The molecule has 78 valence electrons. The van der Waals surface area contributed by atoms with E-state index in [0.717, 1.165) is 0 Å². The molecule has 2 amide bonds. The van der Waals surface area contributed by atoms with Gasteiger partial charge in [-0.1, -0.05) is 6.92 Å². The third-order valence-electron chi connectivity index (χ3n) is 1.36. The zero-order chi connectivity index (χ0) is 10.3. The van der Waals surface area contributed by atoms with Crippen LogP contribution in [0.15, 0.2) is 0 Å².